The average Bonchev–Trinajstić information content (AvgIpc) is 2.70. The van der Waals surface area contributed by atoms with Gasteiger partial charge in [-0.3, -0.25) is 14.9 Å². The first-order valence-electron chi connectivity index (χ1n) is 9.92. The Morgan fingerprint density at radius 3 is 2.37 bits per heavy atom. The number of hydrogen-bond donors (Lipinski definition) is 2. The standard InChI is InChI=1S/C20H29N3O6S/c1-5-21-20(26)22-18(24)15(4)29-19(25)16-8-10-23(11-9-16)30(27,28)17-7-6-13(2)14(3)12-17/h6-7,12,15-16H,5,8-11H2,1-4H3,(H2,21,22,24,26)/t15-/m1/s1. The second kappa shape index (κ2) is 10.0. The minimum absolute atomic E-state index is 0.189. The van der Waals surface area contributed by atoms with Crippen molar-refractivity contribution in [3.63, 3.8) is 0 Å². The van der Waals surface area contributed by atoms with E-state index in [4.69, 9.17) is 4.74 Å². The number of imide groups is 1. The molecule has 30 heavy (non-hydrogen) atoms. The summed E-state index contributed by atoms with van der Waals surface area (Å²) in [7, 11) is -3.63. The summed E-state index contributed by atoms with van der Waals surface area (Å²) in [6, 6.07) is 4.36. The summed E-state index contributed by atoms with van der Waals surface area (Å²) in [6.07, 6.45) is -0.529. The summed E-state index contributed by atoms with van der Waals surface area (Å²) in [4.78, 5) is 35.9. The fraction of sp³-hybridized carbons (Fsp3) is 0.550. The van der Waals surface area contributed by atoms with E-state index in [1.807, 2.05) is 13.8 Å². The van der Waals surface area contributed by atoms with Gasteiger partial charge in [0.1, 0.15) is 0 Å². The molecule has 1 saturated heterocycles. The fourth-order valence-corrected chi connectivity index (χ4v) is 4.65. The van der Waals surface area contributed by atoms with Crippen molar-refractivity contribution in [1.29, 1.82) is 0 Å². The van der Waals surface area contributed by atoms with Crippen LogP contribution in [-0.2, 0) is 24.3 Å². The number of carbonyl (C=O) groups excluding carboxylic acids is 3. The highest BCUT2D eigenvalue weighted by molar-refractivity contribution is 7.89. The van der Waals surface area contributed by atoms with Gasteiger partial charge in [-0.25, -0.2) is 13.2 Å². The number of nitrogens with zero attached hydrogens (tertiary/aromatic N) is 1. The molecule has 0 saturated carbocycles. The third-order valence-electron chi connectivity index (χ3n) is 5.14. The number of nitrogens with one attached hydrogen (secondary N) is 2. The van der Waals surface area contributed by atoms with Crippen LogP contribution in [0.1, 0.15) is 37.8 Å². The maximum atomic E-state index is 12.9. The molecule has 1 aromatic rings. The highest BCUT2D eigenvalue weighted by atomic mass is 32.2. The molecule has 0 unspecified atom stereocenters. The predicted octanol–water partition coefficient (Wildman–Crippen LogP) is 1.48. The molecule has 166 valence electrons. The predicted molar refractivity (Wildman–Crippen MR) is 110 cm³/mol. The zero-order valence-corrected chi connectivity index (χ0v) is 18.5. The van der Waals surface area contributed by atoms with Crippen molar-refractivity contribution >= 4 is 27.9 Å². The first-order valence-corrected chi connectivity index (χ1v) is 11.4. The summed E-state index contributed by atoms with van der Waals surface area (Å²) in [5.41, 5.74) is 1.91. The van der Waals surface area contributed by atoms with Crippen molar-refractivity contribution in [2.45, 2.75) is 51.5 Å². The zero-order valence-electron chi connectivity index (χ0n) is 17.7. The number of piperidine rings is 1. The van der Waals surface area contributed by atoms with E-state index in [9.17, 15) is 22.8 Å². The van der Waals surface area contributed by atoms with Gasteiger partial charge < -0.3 is 10.1 Å². The molecular formula is C20H29N3O6S. The summed E-state index contributed by atoms with van der Waals surface area (Å²) >= 11 is 0. The smallest absolute Gasteiger partial charge is 0.321 e. The van der Waals surface area contributed by atoms with E-state index in [1.54, 1.807) is 25.1 Å². The third-order valence-corrected chi connectivity index (χ3v) is 7.03. The van der Waals surface area contributed by atoms with Crippen LogP contribution in [0.4, 0.5) is 4.79 Å². The average molecular weight is 440 g/mol. The van der Waals surface area contributed by atoms with Crippen LogP contribution in [0.15, 0.2) is 23.1 Å². The molecule has 1 heterocycles. The monoisotopic (exact) mass is 439 g/mol. The van der Waals surface area contributed by atoms with Gasteiger partial charge >= 0.3 is 12.0 Å². The fourth-order valence-electron chi connectivity index (χ4n) is 3.10. The van der Waals surface area contributed by atoms with Crippen molar-refractivity contribution in [1.82, 2.24) is 14.9 Å². The molecule has 10 heteroatoms. The van der Waals surface area contributed by atoms with Gasteiger partial charge in [0.25, 0.3) is 5.91 Å². The van der Waals surface area contributed by atoms with Crippen LogP contribution in [0.5, 0.6) is 0 Å². The molecule has 3 amide bonds. The number of aryl methyl sites for hydroxylation is 2. The number of hydrogen-bond acceptors (Lipinski definition) is 6. The van der Waals surface area contributed by atoms with Gasteiger partial charge in [0.15, 0.2) is 6.10 Å². The molecule has 9 nitrogen and oxygen atoms in total. The van der Waals surface area contributed by atoms with Gasteiger partial charge in [-0.15, -0.1) is 0 Å². The minimum Gasteiger partial charge on any atom is -0.452 e. The first kappa shape index (κ1) is 23.8. The molecule has 1 aromatic carbocycles. The molecule has 0 aromatic heterocycles. The van der Waals surface area contributed by atoms with Crippen LogP contribution in [0.3, 0.4) is 0 Å². The molecule has 0 radical (unpaired) electrons. The molecule has 0 spiro atoms. The Kier molecular flexibility index (Phi) is 7.96. The van der Waals surface area contributed by atoms with Crippen LogP contribution in [0.25, 0.3) is 0 Å². The number of benzene rings is 1. The molecule has 1 fully saturated rings. The Labute approximate surface area is 177 Å². The Bertz CT molecular complexity index is 907. The van der Waals surface area contributed by atoms with Crippen LogP contribution in [0, 0.1) is 19.8 Å². The molecule has 1 aliphatic heterocycles. The SMILES string of the molecule is CCNC(=O)NC(=O)[C@@H](C)OC(=O)C1CCN(S(=O)(=O)c2ccc(C)c(C)c2)CC1. The number of urea groups is 1. The Morgan fingerprint density at radius 2 is 1.80 bits per heavy atom. The number of sulfonamides is 1. The van der Waals surface area contributed by atoms with E-state index < -0.39 is 40.0 Å². The van der Waals surface area contributed by atoms with Gasteiger partial charge in [-0.05, 0) is 63.8 Å². The maximum Gasteiger partial charge on any atom is 0.321 e. The van der Waals surface area contributed by atoms with Gasteiger partial charge in [0, 0.05) is 19.6 Å². The van der Waals surface area contributed by atoms with Gasteiger partial charge in [0.05, 0.1) is 10.8 Å². The van der Waals surface area contributed by atoms with E-state index in [-0.39, 0.29) is 18.0 Å². The van der Waals surface area contributed by atoms with Gasteiger partial charge in [0.2, 0.25) is 10.0 Å². The molecule has 0 aliphatic carbocycles. The maximum absolute atomic E-state index is 12.9. The van der Waals surface area contributed by atoms with Crippen molar-refractivity contribution in [2.24, 2.45) is 5.92 Å². The lowest BCUT2D eigenvalue weighted by Crippen LogP contribution is -2.46. The van der Waals surface area contributed by atoms with Crippen molar-refractivity contribution < 1.29 is 27.5 Å². The lowest BCUT2D eigenvalue weighted by atomic mass is 9.98. The number of carbonyl (C=O) groups is 3. The lowest BCUT2D eigenvalue weighted by molar-refractivity contribution is -0.159. The van der Waals surface area contributed by atoms with Crippen LogP contribution in [0.2, 0.25) is 0 Å². The molecular weight excluding hydrogens is 410 g/mol. The van der Waals surface area contributed by atoms with Crippen molar-refractivity contribution in [3.8, 4) is 0 Å². The Hall–Kier alpha value is -2.46. The Morgan fingerprint density at radius 1 is 1.17 bits per heavy atom. The molecule has 2 rings (SSSR count). The minimum atomic E-state index is -3.63. The van der Waals surface area contributed by atoms with Crippen LogP contribution >= 0.6 is 0 Å². The van der Waals surface area contributed by atoms with E-state index in [2.05, 4.69) is 10.6 Å². The normalized spacial score (nSPS) is 16.5. The third kappa shape index (κ3) is 5.79. The van der Waals surface area contributed by atoms with Crippen molar-refractivity contribution in [2.75, 3.05) is 19.6 Å². The van der Waals surface area contributed by atoms with Gasteiger partial charge in [-0.2, -0.15) is 4.31 Å². The van der Waals surface area contributed by atoms with E-state index in [1.165, 1.54) is 11.2 Å². The largest absolute Gasteiger partial charge is 0.452 e. The van der Waals surface area contributed by atoms with Gasteiger partial charge in [-0.1, -0.05) is 6.07 Å². The summed E-state index contributed by atoms with van der Waals surface area (Å²) in [6.45, 7) is 7.60. The second-order valence-corrected chi connectivity index (χ2v) is 9.29. The highest BCUT2D eigenvalue weighted by Gasteiger charge is 2.34. The molecule has 1 aliphatic rings. The number of ether oxygens (including phenoxy) is 1. The second-order valence-electron chi connectivity index (χ2n) is 7.35. The topological polar surface area (TPSA) is 122 Å². The number of amides is 3. The summed E-state index contributed by atoms with van der Waals surface area (Å²) in [5, 5.41) is 4.50. The highest BCUT2D eigenvalue weighted by Crippen LogP contribution is 2.26. The van der Waals surface area contributed by atoms with E-state index in [0.717, 1.165) is 11.1 Å². The van der Waals surface area contributed by atoms with E-state index >= 15 is 0 Å². The van der Waals surface area contributed by atoms with Crippen LogP contribution in [-0.4, -0.2) is 56.4 Å². The van der Waals surface area contributed by atoms with Crippen molar-refractivity contribution in [3.05, 3.63) is 29.3 Å². The summed E-state index contributed by atoms with van der Waals surface area (Å²) in [5.74, 6) is -1.79. The number of rotatable bonds is 6. The zero-order chi connectivity index (χ0) is 22.5. The molecule has 0 bridgehead atoms. The molecule has 1 atom stereocenters. The Balaban J connectivity index is 1.91. The lowest BCUT2D eigenvalue weighted by Gasteiger charge is -2.30. The summed E-state index contributed by atoms with van der Waals surface area (Å²) < 4.78 is 32.3. The van der Waals surface area contributed by atoms with Crippen LogP contribution < -0.4 is 10.6 Å². The first-order chi connectivity index (χ1) is 14.1. The quantitative estimate of drug-likeness (QED) is 0.648. The van der Waals surface area contributed by atoms with E-state index in [0.29, 0.717) is 19.4 Å². The number of esters is 1. The molecule has 2 N–H and O–H groups in total.